The summed E-state index contributed by atoms with van der Waals surface area (Å²) in [4.78, 5) is 29.3. The first-order valence-electron chi connectivity index (χ1n) is 19.7. The van der Waals surface area contributed by atoms with Gasteiger partial charge in [0.1, 0.15) is 0 Å². The number of aromatic nitrogens is 2. The van der Waals surface area contributed by atoms with Crippen LogP contribution in [-0.4, -0.2) is 54.1 Å². The van der Waals surface area contributed by atoms with Gasteiger partial charge in [-0.05, 0) is 147 Å². The molecule has 8 atom stereocenters. The number of rotatable bonds is 3. The van der Waals surface area contributed by atoms with Gasteiger partial charge in [0.25, 0.3) is 0 Å². The Hall–Kier alpha value is -4.66. The van der Waals surface area contributed by atoms with Crippen molar-refractivity contribution in [2.45, 2.75) is 102 Å². The maximum Gasteiger partial charge on any atom is 0.312 e. The monoisotopic (exact) mass is 724 g/mol. The summed E-state index contributed by atoms with van der Waals surface area (Å²) < 4.78 is 2.38. The van der Waals surface area contributed by atoms with Gasteiger partial charge >= 0.3 is 11.9 Å². The zero-order chi connectivity index (χ0) is 37.7. The van der Waals surface area contributed by atoms with E-state index in [9.17, 15) is 30.0 Å². The van der Waals surface area contributed by atoms with Crippen molar-refractivity contribution < 1.29 is 30.0 Å². The molecule has 4 aliphatic carbocycles. The fourth-order valence-electron chi connectivity index (χ4n) is 12.7. The lowest BCUT2D eigenvalue weighted by Crippen LogP contribution is -2.58. The smallest absolute Gasteiger partial charge is 0.312 e. The maximum absolute atomic E-state index is 12.7. The molecule has 0 bridgehead atoms. The Morgan fingerprint density at radius 2 is 1.20 bits per heavy atom. The number of aryl methyl sites for hydroxylation is 2. The van der Waals surface area contributed by atoms with E-state index in [1.165, 1.54) is 22.3 Å². The van der Waals surface area contributed by atoms with Crippen LogP contribution in [0.5, 0.6) is 0 Å². The van der Waals surface area contributed by atoms with Crippen LogP contribution in [0.4, 0.5) is 0 Å². The van der Waals surface area contributed by atoms with E-state index in [1.54, 1.807) is 13.8 Å². The molecule has 8 heteroatoms. The van der Waals surface area contributed by atoms with E-state index < -0.39 is 35.0 Å². The van der Waals surface area contributed by atoms with Crippen molar-refractivity contribution >= 4 is 55.6 Å². The molecule has 5 N–H and O–H groups in total. The summed E-state index contributed by atoms with van der Waals surface area (Å²) in [7, 11) is 0. The average Bonchev–Trinajstić information content (AvgIpc) is 3.68. The number of benzene rings is 4. The molecule has 2 fully saturated rings. The predicted octanol–water partition coefficient (Wildman–Crippen LogP) is 8.55. The summed E-state index contributed by atoms with van der Waals surface area (Å²) in [6.45, 7) is 7.93. The van der Waals surface area contributed by atoms with Crippen molar-refractivity contribution in [3.05, 3.63) is 89.0 Å². The van der Waals surface area contributed by atoms with Crippen LogP contribution < -0.4 is 0 Å². The van der Waals surface area contributed by atoms with E-state index in [0.29, 0.717) is 19.3 Å². The van der Waals surface area contributed by atoms with Crippen molar-refractivity contribution in [2.75, 3.05) is 0 Å². The molecule has 0 spiro atoms. The molecule has 54 heavy (non-hydrogen) atoms. The van der Waals surface area contributed by atoms with Crippen molar-refractivity contribution in [1.82, 2.24) is 9.55 Å². The van der Waals surface area contributed by atoms with Crippen LogP contribution in [0.15, 0.2) is 66.7 Å². The number of aliphatic carboxylic acids is 2. The summed E-state index contributed by atoms with van der Waals surface area (Å²) in [5.74, 6) is -2.17. The number of fused-ring (bicyclic) bond motifs is 12. The number of aromatic amines is 1. The molecule has 0 saturated heterocycles. The molecule has 10 rings (SSSR count). The molecule has 2 heterocycles. The van der Waals surface area contributed by atoms with Crippen LogP contribution in [0, 0.1) is 22.7 Å². The number of hydrogen-bond donors (Lipinski definition) is 5. The molecule has 8 nitrogen and oxygen atoms in total. The van der Waals surface area contributed by atoms with Crippen molar-refractivity contribution in [3.8, 4) is 5.69 Å². The second kappa shape index (κ2) is 11.0. The van der Waals surface area contributed by atoms with Gasteiger partial charge in [-0.3, -0.25) is 9.59 Å². The Bertz CT molecular complexity index is 2620. The Labute approximate surface area is 313 Å². The van der Waals surface area contributed by atoms with Crippen LogP contribution in [0.1, 0.15) is 88.5 Å². The van der Waals surface area contributed by atoms with Crippen LogP contribution >= 0.6 is 0 Å². The second-order valence-corrected chi connectivity index (χ2v) is 18.1. The van der Waals surface area contributed by atoms with E-state index in [2.05, 4.69) is 90.1 Å². The molecule has 0 aliphatic heterocycles. The number of aliphatic hydroxyl groups is 2. The first-order chi connectivity index (χ1) is 25.7. The van der Waals surface area contributed by atoms with Crippen LogP contribution in [-0.2, 0) is 33.3 Å². The molecule has 0 radical (unpaired) electrons. The van der Waals surface area contributed by atoms with Gasteiger partial charge in [-0.1, -0.05) is 44.2 Å². The molecule has 278 valence electrons. The first kappa shape index (κ1) is 33.9. The van der Waals surface area contributed by atoms with Crippen molar-refractivity contribution in [1.29, 1.82) is 0 Å². The highest BCUT2D eigenvalue weighted by Gasteiger charge is 2.60. The lowest BCUT2D eigenvalue weighted by Gasteiger charge is -2.55. The van der Waals surface area contributed by atoms with Gasteiger partial charge in [0.15, 0.2) is 0 Å². The van der Waals surface area contributed by atoms with E-state index in [0.717, 1.165) is 81.4 Å². The standard InChI is InChI=1S/C46H48N2O6/c1-43-18-16-38(49)45(3,41(51)52)36(43)14-12-24-20-32-28(22-30(24)43)27-9-7-11-34(40(27)47-32)48-33-10-6-5-8-26(33)29-23-31-25(21-35(29)48)13-15-37-44(31,2)19-17-39(50)46(37,4)42(53)54/h5-11,20-23,36-39,47,49-50H,12-19H2,1-4H3,(H,51,52)(H,53,54)/t36-,37-,38+,39+,43-,44-,45+,46+/m1/s1. The molecule has 2 saturated carbocycles. The highest BCUT2D eigenvalue weighted by atomic mass is 16.4. The Kier molecular flexibility index (Phi) is 6.89. The van der Waals surface area contributed by atoms with Crippen molar-refractivity contribution in [3.63, 3.8) is 0 Å². The number of H-pyrrole nitrogens is 1. The SMILES string of the molecule is C[C@@]1(C(=O)O)[C@@H](O)CC[C@]2(C)c3cc4c(cc3CC[C@@H]12)[nH]c1c(-n2c3ccccc3c3cc5c(cc32)CC[C@H]2[C@](C)(C(=O)O)[C@@H](O)CC[C@]52C)cccc14. The molecule has 0 unspecified atom stereocenters. The number of carboxylic acids is 2. The summed E-state index contributed by atoms with van der Waals surface area (Å²) in [6, 6.07) is 24.3. The fourth-order valence-corrected chi connectivity index (χ4v) is 12.7. The zero-order valence-corrected chi connectivity index (χ0v) is 31.4. The molecule has 2 aromatic heterocycles. The van der Waals surface area contributed by atoms with Crippen molar-refractivity contribution in [2.24, 2.45) is 22.7 Å². The number of nitrogens with zero attached hydrogens (tertiary/aromatic N) is 1. The third kappa shape index (κ3) is 4.05. The second-order valence-electron chi connectivity index (χ2n) is 18.1. The summed E-state index contributed by atoms with van der Waals surface area (Å²) in [6.07, 6.45) is 3.63. The van der Waals surface area contributed by atoms with Crippen LogP contribution in [0.25, 0.3) is 49.3 Å². The Balaban J connectivity index is 1.16. The minimum atomic E-state index is -1.20. The highest BCUT2D eigenvalue weighted by molar-refractivity contribution is 6.14. The Morgan fingerprint density at radius 1 is 0.648 bits per heavy atom. The van der Waals surface area contributed by atoms with Gasteiger partial charge in [-0.25, -0.2) is 0 Å². The largest absolute Gasteiger partial charge is 0.481 e. The van der Waals surface area contributed by atoms with Gasteiger partial charge in [0, 0.05) is 27.1 Å². The van der Waals surface area contributed by atoms with E-state index in [-0.39, 0.29) is 22.7 Å². The normalized spacial score (nSPS) is 33.4. The van der Waals surface area contributed by atoms with E-state index in [1.807, 2.05) is 0 Å². The lowest BCUT2D eigenvalue weighted by atomic mass is 9.49. The number of aliphatic hydroxyl groups excluding tert-OH is 2. The van der Waals surface area contributed by atoms with Crippen LogP contribution in [0.2, 0.25) is 0 Å². The number of carboxylic acid groups (broad SMARTS) is 2. The third-order valence-electron chi connectivity index (χ3n) is 15.8. The molecule has 0 amide bonds. The van der Waals surface area contributed by atoms with Crippen LogP contribution in [0.3, 0.4) is 0 Å². The van der Waals surface area contributed by atoms with Gasteiger partial charge in [-0.2, -0.15) is 0 Å². The number of carbonyl (C=O) groups is 2. The van der Waals surface area contributed by atoms with Gasteiger partial charge < -0.3 is 30.0 Å². The molecule has 6 aromatic rings. The van der Waals surface area contributed by atoms with Gasteiger partial charge in [0.2, 0.25) is 0 Å². The average molecular weight is 725 g/mol. The molecular weight excluding hydrogens is 677 g/mol. The summed E-state index contributed by atoms with van der Waals surface area (Å²) >= 11 is 0. The first-order valence-corrected chi connectivity index (χ1v) is 19.7. The lowest BCUT2D eigenvalue weighted by molar-refractivity contribution is -0.172. The number of hydrogen-bond acceptors (Lipinski definition) is 4. The minimum Gasteiger partial charge on any atom is -0.481 e. The van der Waals surface area contributed by atoms with Gasteiger partial charge in [-0.15, -0.1) is 0 Å². The van der Waals surface area contributed by atoms with E-state index >= 15 is 0 Å². The highest BCUT2D eigenvalue weighted by Crippen LogP contribution is 2.60. The topological polar surface area (TPSA) is 136 Å². The fraction of sp³-hybridized carbons (Fsp3) is 0.435. The Morgan fingerprint density at radius 3 is 1.81 bits per heavy atom. The summed E-state index contributed by atoms with van der Waals surface area (Å²) in [5.41, 5.74) is 7.15. The third-order valence-corrected chi connectivity index (χ3v) is 15.8. The van der Waals surface area contributed by atoms with E-state index in [4.69, 9.17) is 0 Å². The minimum absolute atomic E-state index is 0.172. The quantitative estimate of drug-likeness (QED) is 0.124. The summed E-state index contributed by atoms with van der Waals surface area (Å²) in [5, 5.41) is 47.4. The molecular formula is C46H48N2O6. The maximum atomic E-state index is 12.7. The van der Waals surface area contributed by atoms with Gasteiger partial charge in [0.05, 0.1) is 45.3 Å². The predicted molar refractivity (Wildman–Crippen MR) is 210 cm³/mol. The molecule has 4 aromatic carbocycles. The number of para-hydroxylation sites is 2. The molecule has 4 aliphatic rings. The zero-order valence-electron chi connectivity index (χ0n) is 31.4. The number of nitrogens with one attached hydrogen (secondary N) is 1.